The molecule has 0 aliphatic heterocycles. The van der Waals surface area contributed by atoms with Crippen molar-refractivity contribution in [1.82, 2.24) is 18.3 Å². The van der Waals surface area contributed by atoms with E-state index in [0.29, 0.717) is 0 Å². The van der Waals surface area contributed by atoms with E-state index >= 15 is 0 Å². The highest BCUT2D eigenvalue weighted by Crippen LogP contribution is 2.68. The molecule has 0 radical (unpaired) electrons. The van der Waals surface area contributed by atoms with Crippen molar-refractivity contribution in [3.63, 3.8) is 0 Å². The highest BCUT2D eigenvalue weighted by molar-refractivity contribution is 6.27. The Morgan fingerprint density at radius 2 is 0.500 bits per heavy atom. The first kappa shape index (κ1) is 62.0. The van der Waals surface area contributed by atoms with E-state index < -0.39 is 10.8 Å². The van der Waals surface area contributed by atoms with Gasteiger partial charge in [0.05, 0.1) is 55.0 Å². The van der Waals surface area contributed by atoms with Gasteiger partial charge >= 0.3 is 0 Å². The van der Waals surface area contributed by atoms with Gasteiger partial charge in [-0.2, -0.15) is 0 Å². The Morgan fingerprint density at radius 3 is 1.03 bits per heavy atom. The molecule has 4 heterocycles. The molecule has 0 unspecified atom stereocenters. The Kier molecular flexibility index (Phi) is 12.4. The topological polar surface area (TPSA) is 19.7 Å². The van der Waals surface area contributed by atoms with Crippen molar-refractivity contribution in [2.45, 2.75) is 10.8 Å². The minimum atomic E-state index is -0.783. The minimum Gasteiger partial charge on any atom is -0.309 e. The van der Waals surface area contributed by atoms with E-state index in [1.807, 2.05) is 0 Å². The third-order valence-electron chi connectivity index (χ3n) is 26.3. The lowest BCUT2D eigenvalue weighted by molar-refractivity contribution is 0.795. The van der Waals surface area contributed by atoms with Crippen LogP contribution in [0.1, 0.15) is 44.5 Å². The lowest BCUT2D eigenvalue weighted by Gasteiger charge is -2.31. The molecular weight excluding hydrogens is 1380 g/mol. The lowest BCUT2D eigenvalue weighted by Crippen LogP contribution is -2.26. The van der Waals surface area contributed by atoms with Crippen LogP contribution in [0.2, 0.25) is 0 Å². The fraction of sp³-hybridized carbons (Fsp3) is 0.0182. The van der Waals surface area contributed by atoms with Crippen LogP contribution in [0.3, 0.4) is 0 Å². The summed E-state index contributed by atoms with van der Waals surface area (Å²) in [6.07, 6.45) is 0. The molecule has 18 aromatic carbocycles. The number of fused-ring (bicyclic) bond motifs is 34. The zero-order valence-corrected chi connectivity index (χ0v) is 61.9. The van der Waals surface area contributed by atoms with Gasteiger partial charge in [0.25, 0.3) is 0 Å². The van der Waals surface area contributed by atoms with Crippen molar-refractivity contribution < 1.29 is 0 Å². The minimum absolute atomic E-state index is 0.603. The van der Waals surface area contributed by atoms with E-state index in [4.69, 9.17) is 0 Å². The van der Waals surface area contributed by atoms with Crippen LogP contribution >= 0.6 is 0 Å². The average molecular weight is 1440 g/mol. The van der Waals surface area contributed by atoms with E-state index in [1.54, 1.807) is 0 Å². The maximum Gasteiger partial charge on any atom is 0.0727 e. The second kappa shape index (κ2) is 22.9. The van der Waals surface area contributed by atoms with Gasteiger partial charge in [-0.05, 0) is 232 Å². The van der Waals surface area contributed by atoms with Gasteiger partial charge in [-0.1, -0.05) is 291 Å². The largest absolute Gasteiger partial charge is 0.309 e. The normalized spacial score (nSPS) is 13.6. The van der Waals surface area contributed by atoms with Crippen LogP contribution in [0.15, 0.2) is 400 Å². The van der Waals surface area contributed by atoms with Gasteiger partial charge in [-0.3, -0.25) is 0 Å². The van der Waals surface area contributed by atoms with Gasteiger partial charge in [0.2, 0.25) is 0 Å². The molecule has 0 saturated carbocycles. The molecule has 4 nitrogen and oxygen atoms in total. The van der Waals surface area contributed by atoms with Gasteiger partial charge in [0.1, 0.15) is 0 Å². The molecule has 22 aromatic rings. The molecule has 0 atom stereocenters. The quantitative estimate of drug-likeness (QED) is 0.152. The van der Waals surface area contributed by atoms with E-state index in [-0.39, 0.29) is 0 Å². The number of benzene rings is 18. The third-order valence-corrected chi connectivity index (χ3v) is 26.3. The Morgan fingerprint density at radius 1 is 0.149 bits per heavy atom. The molecule has 0 bridgehead atoms. The number of hydrogen-bond donors (Lipinski definition) is 0. The Bertz CT molecular complexity index is 7710. The molecule has 26 rings (SSSR count). The van der Waals surface area contributed by atoms with Gasteiger partial charge in [-0.15, -0.1) is 0 Å². The van der Waals surface area contributed by atoms with E-state index in [0.717, 1.165) is 33.8 Å². The van der Waals surface area contributed by atoms with Crippen LogP contribution in [0.25, 0.3) is 188 Å². The highest BCUT2D eigenvalue weighted by Gasteiger charge is 2.55. The molecule has 0 saturated heterocycles. The third kappa shape index (κ3) is 7.95. The molecule has 4 aliphatic rings. The summed E-state index contributed by atoms with van der Waals surface area (Å²) in [5.41, 5.74) is 40.3. The number of rotatable bonds is 7. The summed E-state index contributed by atoms with van der Waals surface area (Å²) >= 11 is 0. The predicted octanol–water partition coefficient (Wildman–Crippen LogP) is 27.8. The molecule has 4 heteroatoms. The maximum atomic E-state index is 2.61. The van der Waals surface area contributed by atoms with Gasteiger partial charge in [0.15, 0.2) is 0 Å². The summed E-state index contributed by atoms with van der Waals surface area (Å²) in [6, 6.07) is 152. The van der Waals surface area contributed by atoms with Gasteiger partial charge < -0.3 is 18.3 Å². The van der Waals surface area contributed by atoms with Crippen LogP contribution < -0.4 is 0 Å². The highest BCUT2D eigenvalue weighted by atomic mass is 15.0. The van der Waals surface area contributed by atoms with Crippen molar-refractivity contribution in [1.29, 1.82) is 0 Å². The zero-order chi connectivity index (χ0) is 74.2. The predicted molar refractivity (Wildman–Crippen MR) is 473 cm³/mol. The van der Waals surface area contributed by atoms with Crippen LogP contribution in [-0.2, 0) is 10.8 Å². The van der Waals surface area contributed by atoms with E-state index in [1.165, 1.54) is 199 Å². The van der Waals surface area contributed by atoms with Gasteiger partial charge in [-0.25, -0.2) is 0 Å². The summed E-state index contributed by atoms with van der Waals surface area (Å²) in [6.45, 7) is 0. The number of para-hydroxylation sites is 5. The molecule has 2 spiro atoms. The smallest absolute Gasteiger partial charge is 0.0727 e. The summed E-state index contributed by atoms with van der Waals surface area (Å²) in [4.78, 5) is 0. The zero-order valence-electron chi connectivity index (χ0n) is 61.9. The second-order valence-electron chi connectivity index (χ2n) is 31.6. The van der Waals surface area contributed by atoms with Crippen LogP contribution in [0.4, 0.5) is 0 Å². The Balaban J connectivity index is 0.758. The summed E-state index contributed by atoms with van der Waals surface area (Å²) < 4.78 is 10.1. The van der Waals surface area contributed by atoms with Crippen LogP contribution in [0.5, 0.6) is 0 Å². The Hall–Kier alpha value is -14.8. The first-order valence-electron chi connectivity index (χ1n) is 39.8. The fourth-order valence-corrected chi connectivity index (χ4v) is 22.0. The molecule has 526 valence electrons. The number of aromatic nitrogens is 4. The lowest BCUT2D eigenvalue weighted by atomic mass is 9.70. The molecule has 4 aliphatic carbocycles. The van der Waals surface area contributed by atoms with Crippen LogP contribution in [0, 0.1) is 0 Å². The van der Waals surface area contributed by atoms with Crippen molar-refractivity contribution >= 4 is 87.2 Å². The van der Waals surface area contributed by atoms with Crippen molar-refractivity contribution in [3.8, 4) is 101 Å². The Labute approximate surface area is 657 Å². The standard InChI is InChI=1S/C110H66N4/c1-5-28-67(29-6-1)69-32-25-38-74(60-69)113-96-51-22-16-42-79(96)86-63-84-85-64-87-80-43-17-23-52-97(80)114(75-39-26-33-70(61-75)68-30-7-2-8-31-68)103(87)66-95(85)110(94(84)65-102(86)113)90-49-21-15-44-81(90)104-76(46-27-50-91(104)110)71-54-55-83-101(62-71)112(73-36-11-4-12-37-73)100-59-57-93-108(106(83)100)107-92(109(93)88-47-19-13-40-77(88)78-41-14-20-48-89(78)109)56-58-99-105(107)82-45-18-24-53-98(82)111(99)72-34-9-3-10-35-72/h1-66H. The second-order valence-corrected chi connectivity index (χ2v) is 31.6. The summed E-state index contributed by atoms with van der Waals surface area (Å²) in [5, 5.41) is 9.90. The van der Waals surface area contributed by atoms with Crippen molar-refractivity contribution in [2.75, 3.05) is 0 Å². The number of nitrogens with zero attached hydrogens (tertiary/aromatic N) is 4. The van der Waals surface area contributed by atoms with E-state index in [9.17, 15) is 0 Å². The van der Waals surface area contributed by atoms with Crippen LogP contribution in [-0.4, -0.2) is 18.3 Å². The number of hydrogen-bond acceptors (Lipinski definition) is 0. The first-order chi connectivity index (χ1) is 56.6. The fourth-order valence-electron chi connectivity index (χ4n) is 22.0. The van der Waals surface area contributed by atoms with Crippen molar-refractivity contribution in [2.24, 2.45) is 0 Å². The maximum absolute atomic E-state index is 2.61. The molecule has 0 fully saturated rings. The average Bonchev–Trinajstić information content (AvgIpc) is 1.50. The molecule has 0 N–H and O–H groups in total. The first-order valence-corrected chi connectivity index (χ1v) is 39.8. The monoisotopic (exact) mass is 1440 g/mol. The summed E-state index contributed by atoms with van der Waals surface area (Å²) in [7, 11) is 0. The van der Waals surface area contributed by atoms with Gasteiger partial charge in [0, 0.05) is 65.8 Å². The summed E-state index contributed by atoms with van der Waals surface area (Å²) in [5.74, 6) is 0. The van der Waals surface area contributed by atoms with Crippen molar-refractivity contribution in [3.05, 3.63) is 445 Å². The molecular formula is C110H66N4. The molecule has 0 amide bonds. The van der Waals surface area contributed by atoms with E-state index in [2.05, 4.69) is 419 Å². The molecule has 4 aromatic heterocycles. The SMILES string of the molecule is c1ccc(-c2cccc(-n3c4ccccc4c4cc5c(cc43)C3(c4cc6c(cc4-5)c4ccccc4n6-c4cccc(-c5ccccc5)c4)c4ccccc4-c4c(-c5ccc6c7c8c(ccc7n(-c7ccccc7)c6c5)C5(c6ccccc6-c6ccccc65)c5ccc6c(c5-8)c5ccccc5n6-c5ccccc5)cccc43)c2)cc1. The molecule has 114 heavy (non-hydrogen) atoms.